The fourth-order valence-electron chi connectivity index (χ4n) is 11.0. The highest BCUT2D eigenvalue weighted by atomic mass is 16.3. The quantitative estimate of drug-likeness (QED) is 0.136. The van der Waals surface area contributed by atoms with Crippen molar-refractivity contribution >= 4 is 60.8 Å². The molecule has 0 saturated carbocycles. The molecule has 0 atom stereocenters. The number of fused-ring (bicyclic) bond motifs is 6. The van der Waals surface area contributed by atoms with Crippen LogP contribution in [-0.4, -0.2) is 4.57 Å². The third-order valence-corrected chi connectivity index (χ3v) is 14.9. The average molecular weight is 957 g/mol. The van der Waals surface area contributed by atoms with E-state index in [0.717, 1.165) is 61.4 Å². The van der Waals surface area contributed by atoms with Gasteiger partial charge in [0.05, 0.1) is 11.0 Å². The molecule has 0 aliphatic rings. The van der Waals surface area contributed by atoms with Crippen molar-refractivity contribution < 1.29 is 4.42 Å². The SMILES string of the molecule is c1ccc(-c2ccc(N(c3ccc(-c4ccccc4)cc3)c3ccc(-c4ccc(-c5ccc6c(c5)c5cc(-c7ccc(-c8cccc9c8oc8ccccc89)cc7)ccc5n6-c5ccccc5)cc4)cc3)cc2)cc1. The lowest BCUT2D eigenvalue weighted by molar-refractivity contribution is 0.670. The molecule has 75 heavy (non-hydrogen) atoms. The first-order valence-corrected chi connectivity index (χ1v) is 25.6. The van der Waals surface area contributed by atoms with Crippen LogP contribution in [0.4, 0.5) is 17.1 Å². The largest absolute Gasteiger partial charge is 0.455 e. The molecular formula is C72H48N2O. The predicted molar refractivity (Wildman–Crippen MR) is 315 cm³/mol. The Morgan fingerprint density at radius 3 is 1.09 bits per heavy atom. The van der Waals surface area contributed by atoms with Gasteiger partial charge in [0.15, 0.2) is 0 Å². The minimum atomic E-state index is 0.911. The summed E-state index contributed by atoms with van der Waals surface area (Å²) in [4.78, 5) is 2.34. The third-order valence-electron chi connectivity index (χ3n) is 14.9. The highest BCUT2D eigenvalue weighted by Gasteiger charge is 2.18. The number of rotatable bonds is 10. The second-order valence-electron chi connectivity index (χ2n) is 19.3. The van der Waals surface area contributed by atoms with Crippen molar-refractivity contribution in [3.63, 3.8) is 0 Å². The van der Waals surface area contributed by atoms with Crippen molar-refractivity contribution in [2.24, 2.45) is 0 Å². The van der Waals surface area contributed by atoms with Crippen LogP contribution in [0.5, 0.6) is 0 Å². The van der Waals surface area contributed by atoms with Crippen LogP contribution < -0.4 is 4.90 Å². The number of nitrogens with zero attached hydrogens (tertiary/aromatic N) is 2. The molecule has 0 amide bonds. The molecule has 352 valence electrons. The summed E-state index contributed by atoms with van der Waals surface area (Å²) < 4.78 is 8.80. The summed E-state index contributed by atoms with van der Waals surface area (Å²) in [5.41, 5.74) is 22.7. The fraction of sp³-hybridized carbons (Fsp3) is 0. The van der Waals surface area contributed by atoms with Gasteiger partial charge in [0.2, 0.25) is 0 Å². The van der Waals surface area contributed by atoms with Gasteiger partial charge >= 0.3 is 0 Å². The Hall–Kier alpha value is -9.96. The van der Waals surface area contributed by atoms with Crippen LogP contribution in [0.2, 0.25) is 0 Å². The van der Waals surface area contributed by atoms with Crippen molar-refractivity contribution in [2.75, 3.05) is 4.90 Å². The van der Waals surface area contributed by atoms with E-state index >= 15 is 0 Å². The van der Waals surface area contributed by atoms with Gasteiger partial charge in [-0.1, -0.05) is 212 Å². The first kappa shape index (κ1) is 43.8. The van der Waals surface area contributed by atoms with Gasteiger partial charge in [-0.15, -0.1) is 0 Å². The van der Waals surface area contributed by atoms with Crippen LogP contribution in [0, 0.1) is 0 Å². The maximum atomic E-state index is 6.41. The Labute approximate surface area is 436 Å². The molecule has 2 heterocycles. The molecule has 0 aliphatic heterocycles. The number of para-hydroxylation sites is 3. The average Bonchev–Trinajstić information content (AvgIpc) is 4.06. The molecule has 0 N–H and O–H groups in total. The molecule has 0 unspecified atom stereocenters. The lowest BCUT2D eigenvalue weighted by Crippen LogP contribution is -2.09. The van der Waals surface area contributed by atoms with Crippen molar-refractivity contribution in [3.8, 4) is 72.4 Å². The summed E-state index contributed by atoms with van der Waals surface area (Å²) >= 11 is 0. The lowest BCUT2D eigenvalue weighted by Gasteiger charge is -2.26. The van der Waals surface area contributed by atoms with E-state index in [9.17, 15) is 0 Å². The van der Waals surface area contributed by atoms with E-state index < -0.39 is 0 Å². The van der Waals surface area contributed by atoms with Crippen LogP contribution in [0.15, 0.2) is 296 Å². The van der Waals surface area contributed by atoms with E-state index in [4.69, 9.17) is 4.42 Å². The molecule has 3 nitrogen and oxygen atoms in total. The van der Waals surface area contributed by atoms with Crippen LogP contribution in [-0.2, 0) is 0 Å². The monoisotopic (exact) mass is 956 g/mol. The third kappa shape index (κ3) is 8.04. The van der Waals surface area contributed by atoms with Gasteiger partial charge in [-0.2, -0.15) is 0 Å². The fourth-order valence-corrected chi connectivity index (χ4v) is 11.0. The Balaban J connectivity index is 0.777. The van der Waals surface area contributed by atoms with Gasteiger partial charge in [0.25, 0.3) is 0 Å². The molecule has 0 aliphatic carbocycles. The van der Waals surface area contributed by atoms with E-state index in [2.05, 4.69) is 289 Å². The number of hydrogen-bond acceptors (Lipinski definition) is 2. The summed E-state index contributed by atoms with van der Waals surface area (Å²) in [6, 6.07) is 105. The minimum absolute atomic E-state index is 0.911. The standard InChI is InChI=1S/C72H48N2O/c1-4-13-49(14-5-1)52-31-39-61(40-32-52)73(62-41-33-53(34-42-62)50-15-6-2-7-16-50)63-43-35-54(36-44-63)51-23-25-55(26-24-51)58-37-45-69-67(47-58)68-48-59(38-46-70(68)74(69)60-17-8-3-9-18-60)56-27-29-57(30-28-56)64-20-12-21-66-65-19-10-11-22-71(65)75-72(64)66/h1-48H. The summed E-state index contributed by atoms with van der Waals surface area (Å²) in [5, 5.41) is 4.71. The molecule has 3 heteroatoms. The number of furan rings is 1. The topological polar surface area (TPSA) is 21.3 Å². The predicted octanol–water partition coefficient (Wildman–Crippen LogP) is 20.2. The summed E-state index contributed by atoms with van der Waals surface area (Å²) in [6.45, 7) is 0. The van der Waals surface area contributed by atoms with Gasteiger partial charge in [0, 0.05) is 49.9 Å². The highest BCUT2D eigenvalue weighted by molar-refractivity contribution is 6.12. The number of benzene rings is 12. The molecule has 0 radical (unpaired) electrons. The van der Waals surface area contributed by atoms with E-state index in [0.29, 0.717) is 0 Å². The maximum Gasteiger partial charge on any atom is 0.143 e. The zero-order chi connectivity index (χ0) is 49.7. The number of hydrogen-bond donors (Lipinski definition) is 0. The summed E-state index contributed by atoms with van der Waals surface area (Å²) in [7, 11) is 0. The van der Waals surface area contributed by atoms with Crippen LogP contribution in [0.25, 0.3) is 116 Å². The van der Waals surface area contributed by atoms with Gasteiger partial charge in [-0.3, -0.25) is 0 Å². The smallest absolute Gasteiger partial charge is 0.143 e. The van der Waals surface area contributed by atoms with Crippen molar-refractivity contribution in [1.29, 1.82) is 0 Å². The highest BCUT2D eigenvalue weighted by Crippen LogP contribution is 2.41. The molecule has 14 aromatic rings. The molecule has 0 fully saturated rings. The Kier molecular flexibility index (Phi) is 10.8. The van der Waals surface area contributed by atoms with Crippen LogP contribution >= 0.6 is 0 Å². The summed E-state index contributed by atoms with van der Waals surface area (Å²) in [5.74, 6) is 0. The second kappa shape index (κ2) is 18.6. The van der Waals surface area contributed by atoms with Crippen molar-refractivity contribution in [1.82, 2.24) is 4.57 Å². The number of aromatic nitrogens is 1. The maximum absolute atomic E-state index is 6.41. The minimum Gasteiger partial charge on any atom is -0.455 e. The van der Waals surface area contributed by atoms with Crippen molar-refractivity contribution in [2.45, 2.75) is 0 Å². The van der Waals surface area contributed by atoms with Gasteiger partial charge in [-0.25, -0.2) is 0 Å². The molecule has 12 aromatic carbocycles. The van der Waals surface area contributed by atoms with E-state index in [1.165, 1.54) is 71.9 Å². The molecule has 0 bridgehead atoms. The Bertz CT molecular complexity index is 4250. The Morgan fingerprint density at radius 1 is 0.253 bits per heavy atom. The molecule has 14 rings (SSSR count). The zero-order valence-electron chi connectivity index (χ0n) is 41.0. The normalized spacial score (nSPS) is 11.5. The van der Waals surface area contributed by atoms with Gasteiger partial charge in [-0.05, 0) is 140 Å². The molecule has 0 spiro atoms. The van der Waals surface area contributed by atoms with E-state index in [1.807, 2.05) is 12.1 Å². The zero-order valence-corrected chi connectivity index (χ0v) is 41.0. The molecule has 0 saturated heterocycles. The Morgan fingerprint density at radius 2 is 0.613 bits per heavy atom. The van der Waals surface area contributed by atoms with Crippen LogP contribution in [0.1, 0.15) is 0 Å². The molecule has 2 aromatic heterocycles. The summed E-state index contributed by atoms with van der Waals surface area (Å²) in [6.07, 6.45) is 0. The van der Waals surface area contributed by atoms with E-state index in [1.54, 1.807) is 0 Å². The second-order valence-corrected chi connectivity index (χ2v) is 19.3. The first-order chi connectivity index (χ1) is 37.2. The van der Waals surface area contributed by atoms with Crippen LogP contribution in [0.3, 0.4) is 0 Å². The van der Waals surface area contributed by atoms with E-state index in [-0.39, 0.29) is 0 Å². The first-order valence-electron chi connectivity index (χ1n) is 25.6. The van der Waals surface area contributed by atoms with Crippen molar-refractivity contribution in [3.05, 3.63) is 291 Å². The number of anilines is 3. The molecular weight excluding hydrogens is 909 g/mol. The lowest BCUT2D eigenvalue weighted by atomic mass is 9.97. The van der Waals surface area contributed by atoms with Gasteiger partial charge in [0.1, 0.15) is 11.2 Å². The van der Waals surface area contributed by atoms with Gasteiger partial charge < -0.3 is 13.9 Å².